The first kappa shape index (κ1) is 18.0. The van der Waals surface area contributed by atoms with Crippen molar-refractivity contribution in [2.75, 3.05) is 13.2 Å². The molecule has 5 nitrogen and oxygen atoms in total. The number of hydrogen-bond acceptors (Lipinski definition) is 3. The largest absolute Gasteiger partial charge is 0.480 e. The van der Waals surface area contributed by atoms with Gasteiger partial charge >= 0.3 is 5.97 Å². The van der Waals surface area contributed by atoms with E-state index in [1.165, 1.54) is 44.9 Å². The third-order valence-corrected chi connectivity index (χ3v) is 3.93. The van der Waals surface area contributed by atoms with Gasteiger partial charge < -0.3 is 15.2 Å². The maximum atomic E-state index is 11.7. The predicted molar refractivity (Wildman–Crippen MR) is 81.2 cm³/mol. The van der Waals surface area contributed by atoms with E-state index in [1.807, 2.05) is 0 Å². The Kier molecular flexibility index (Phi) is 9.87. The number of carboxylic acid groups (broad SMARTS) is 1. The molecule has 0 saturated heterocycles. The van der Waals surface area contributed by atoms with Crippen molar-refractivity contribution in [1.82, 2.24) is 5.32 Å². The molecule has 0 aromatic rings. The Balaban J connectivity index is 2.26. The lowest BCUT2D eigenvalue weighted by atomic mass is 9.98. The quantitative estimate of drug-likeness (QED) is 0.818. The minimum atomic E-state index is -1.05. The van der Waals surface area contributed by atoms with Gasteiger partial charge in [-0.25, -0.2) is 4.79 Å². The summed E-state index contributed by atoms with van der Waals surface area (Å²) in [6.45, 7) is -0.582. The maximum absolute atomic E-state index is 11.7. The van der Waals surface area contributed by atoms with Crippen LogP contribution in [0, 0.1) is 0 Å². The van der Waals surface area contributed by atoms with E-state index in [9.17, 15) is 9.59 Å². The van der Waals surface area contributed by atoms with Crippen LogP contribution in [-0.2, 0) is 14.3 Å². The van der Waals surface area contributed by atoms with E-state index < -0.39 is 12.6 Å². The van der Waals surface area contributed by atoms with Crippen molar-refractivity contribution in [1.29, 1.82) is 0 Å². The van der Waals surface area contributed by atoms with Crippen molar-refractivity contribution >= 4 is 11.9 Å². The fourth-order valence-electron chi connectivity index (χ4n) is 2.81. The summed E-state index contributed by atoms with van der Waals surface area (Å²) in [6.07, 6.45) is 13.4. The zero-order chi connectivity index (χ0) is 15.3. The first-order valence-corrected chi connectivity index (χ1v) is 8.27. The molecule has 0 atom stereocenters. The lowest BCUT2D eigenvalue weighted by Gasteiger charge is -2.19. The number of carbonyl (C=O) groups excluding carboxylic acids is 1. The molecular weight excluding hydrogens is 270 g/mol. The second-order valence-electron chi connectivity index (χ2n) is 5.91. The van der Waals surface area contributed by atoms with Gasteiger partial charge in [0.15, 0.2) is 0 Å². The van der Waals surface area contributed by atoms with Gasteiger partial charge in [-0.1, -0.05) is 57.8 Å². The summed E-state index contributed by atoms with van der Waals surface area (Å²) in [5.74, 6) is -1.25. The van der Waals surface area contributed by atoms with E-state index in [1.54, 1.807) is 0 Å². The number of ether oxygens (including phenoxy) is 1. The molecule has 0 radical (unpaired) electrons. The zero-order valence-electron chi connectivity index (χ0n) is 12.9. The van der Waals surface area contributed by atoms with Crippen LogP contribution < -0.4 is 5.32 Å². The molecule has 21 heavy (non-hydrogen) atoms. The number of carboxylic acids is 1. The summed E-state index contributed by atoms with van der Waals surface area (Å²) < 4.78 is 4.82. The van der Waals surface area contributed by atoms with Gasteiger partial charge in [0.05, 0.1) is 0 Å². The Hall–Kier alpha value is -1.10. The molecule has 0 aromatic heterocycles. The molecule has 0 unspecified atom stereocenters. The number of nitrogens with one attached hydrogen (secondary N) is 1. The van der Waals surface area contributed by atoms with E-state index in [-0.39, 0.29) is 18.6 Å². The third kappa shape index (κ3) is 10.3. The molecule has 122 valence electrons. The number of hydrogen-bond donors (Lipinski definition) is 2. The van der Waals surface area contributed by atoms with Crippen molar-refractivity contribution in [2.24, 2.45) is 0 Å². The molecule has 2 N–H and O–H groups in total. The Morgan fingerprint density at radius 2 is 1.33 bits per heavy atom. The summed E-state index contributed by atoms with van der Waals surface area (Å²) in [4.78, 5) is 22.1. The van der Waals surface area contributed by atoms with Gasteiger partial charge in [0.2, 0.25) is 5.91 Å². The molecule has 0 spiro atoms. The normalized spacial score (nSPS) is 19.2. The minimum absolute atomic E-state index is 0.164. The highest BCUT2D eigenvalue weighted by Crippen LogP contribution is 2.16. The Morgan fingerprint density at radius 3 is 1.81 bits per heavy atom. The van der Waals surface area contributed by atoms with Crippen LogP contribution in [0.3, 0.4) is 0 Å². The lowest BCUT2D eigenvalue weighted by Crippen LogP contribution is -2.37. The highest BCUT2D eigenvalue weighted by molar-refractivity contribution is 5.78. The SMILES string of the molecule is O=C(O)COCC(=O)NC1CCCCCCCCCCC1. The minimum Gasteiger partial charge on any atom is -0.480 e. The summed E-state index contributed by atoms with van der Waals surface area (Å²) in [5, 5.41) is 11.5. The van der Waals surface area contributed by atoms with Crippen molar-refractivity contribution in [3.8, 4) is 0 Å². The average molecular weight is 299 g/mol. The number of aliphatic carboxylic acids is 1. The van der Waals surface area contributed by atoms with Crippen LogP contribution in [0.5, 0.6) is 0 Å². The lowest BCUT2D eigenvalue weighted by molar-refractivity contribution is -0.143. The smallest absolute Gasteiger partial charge is 0.329 e. The molecule has 1 aliphatic carbocycles. The fraction of sp³-hybridized carbons (Fsp3) is 0.875. The number of rotatable bonds is 5. The third-order valence-electron chi connectivity index (χ3n) is 3.93. The van der Waals surface area contributed by atoms with E-state index in [0.717, 1.165) is 25.7 Å². The predicted octanol–water partition coefficient (Wildman–Crippen LogP) is 2.88. The molecule has 0 bridgehead atoms. The second-order valence-corrected chi connectivity index (χ2v) is 5.91. The Labute approximate surface area is 127 Å². The van der Waals surface area contributed by atoms with Crippen LogP contribution in [0.1, 0.15) is 70.6 Å². The standard InChI is InChI=1S/C16H29NO4/c18-15(12-21-13-16(19)20)17-14-10-8-6-4-2-1-3-5-7-9-11-14/h14H,1-13H2,(H,17,18)(H,19,20). The first-order valence-electron chi connectivity index (χ1n) is 8.27. The van der Waals surface area contributed by atoms with Gasteiger partial charge in [0, 0.05) is 6.04 Å². The summed E-state index contributed by atoms with van der Waals surface area (Å²) in [5.41, 5.74) is 0. The zero-order valence-corrected chi connectivity index (χ0v) is 12.9. The molecule has 1 rings (SSSR count). The van der Waals surface area contributed by atoms with Gasteiger partial charge in [-0.3, -0.25) is 4.79 Å². The molecule has 1 fully saturated rings. The average Bonchev–Trinajstić information content (AvgIpc) is 2.41. The number of carbonyl (C=O) groups is 2. The molecule has 0 aliphatic heterocycles. The van der Waals surface area contributed by atoms with Crippen LogP contribution >= 0.6 is 0 Å². The van der Waals surface area contributed by atoms with Crippen LogP contribution in [0.4, 0.5) is 0 Å². The van der Waals surface area contributed by atoms with Gasteiger partial charge in [-0.05, 0) is 12.8 Å². The van der Waals surface area contributed by atoms with E-state index in [0.29, 0.717) is 0 Å². The van der Waals surface area contributed by atoms with Crippen LogP contribution in [-0.4, -0.2) is 36.2 Å². The second kappa shape index (κ2) is 11.5. The first-order chi connectivity index (χ1) is 10.2. The highest BCUT2D eigenvalue weighted by atomic mass is 16.5. The maximum Gasteiger partial charge on any atom is 0.329 e. The fourth-order valence-corrected chi connectivity index (χ4v) is 2.81. The number of amides is 1. The van der Waals surface area contributed by atoms with E-state index >= 15 is 0 Å². The van der Waals surface area contributed by atoms with Crippen LogP contribution in [0.25, 0.3) is 0 Å². The molecule has 0 aromatic carbocycles. The summed E-state index contributed by atoms with van der Waals surface area (Å²) >= 11 is 0. The molecule has 1 aliphatic rings. The summed E-state index contributed by atoms with van der Waals surface area (Å²) in [6, 6.07) is 0.213. The van der Waals surface area contributed by atoms with E-state index in [4.69, 9.17) is 9.84 Å². The topological polar surface area (TPSA) is 75.6 Å². The van der Waals surface area contributed by atoms with Crippen molar-refractivity contribution < 1.29 is 19.4 Å². The van der Waals surface area contributed by atoms with Crippen molar-refractivity contribution in [3.05, 3.63) is 0 Å². The van der Waals surface area contributed by atoms with Gasteiger partial charge in [-0.2, -0.15) is 0 Å². The molecule has 1 saturated carbocycles. The highest BCUT2D eigenvalue weighted by Gasteiger charge is 2.13. The van der Waals surface area contributed by atoms with Crippen molar-refractivity contribution in [2.45, 2.75) is 76.7 Å². The Bertz CT molecular complexity index is 295. The van der Waals surface area contributed by atoms with Gasteiger partial charge in [0.1, 0.15) is 13.2 Å². The van der Waals surface area contributed by atoms with Gasteiger partial charge in [-0.15, -0.1) is 0 Å². The molecule has 1 amide bonds. The van der Waals surface area contributed by atoms with Crippen LogP contribution in [0.2, 0.25) is 0 Å². The van der Waals surface area contributed by atoms with Crippen LogP contribution in [0.15, 0.2) is 0 Å². The van der Waals surface area contributed by atoms with E-state index in [2.05, 4.69) is 5.32 Å². The van der Waals surface area contributed by atoms with Gasteiger partial charge in [0.25, 0.3) is 0 Å². The molecule has 5 heteroatoms. The van der Waals surface area contributed by atoms with Crippen molar-refractivity contribution in [3.63, 3.8) is 0 Å². The summed E-state index contributed by atoms with van der Waals surface area (Å²) in [7, 11) is 0. The Morgan fingerprint density at radius 1 is 0.857 bits per heavy atom. The monoisotopic (exact) mass is 299 g/mol. The molecular formula is C16H29NO4. The molecule has 0 heterocycles.